The van der Waals surface area contributed by atoms with Gasteiger partial charge in [-0.05, 0) is 0 Å². The van der Waals surface area contributed by atoms with Crippen molar-refractivity contribution in [3.05, 3.63) is 0 Å². The average molecular weight is 224 g/mol. The van der Waals surface area contributed by atoms with Gasteiger partial charge in [-0.15, -0.1) is 0 Å². The maximum Gasteiger partial charge on any atom is 1.00 e. The van der Waals surface area contributed by atoms with Crippen LogP contribution in [0.3, 0.4) is 0 Å². The van der Waals surface area contributed by atoms with Crippen LogP contribution < -0.4 is 51.4 Å². The summed E-state index contributed by atoms with van der Waals surface area (Å²) < 4.78 is 71.4. The molecule has 0 bridgehead atoms. The van der Waals surface area contributed by atoms with E-state index in [9.17, 15) is 30.4 Å². The van der Waals surface area contributed by atoms with Crippen LogP contribution in [0.25, 0.3) is 0 Å². The maximum atomic E-state index is 10.8. The molecule has 0 spiro atoms. The molecule has 0 aromatic carbocycles. The molecule has 70 valence electrons. The summed E-state index contributed by atoms with van der Waals surface area (Å²) in [7, 11) is -6.00. The van der Waals surface area contributed by atoms with Crippen LogP contribution in [0.2, 0.25) is 0 Å². The Hall–Kier alpha value is 1.21. The van der Waals surface area contributed by atoms with Gasteiger partial charge >= 0.3 is 64.8 Å². The Bertz CT molecular complexity index is 89.8. The zero-order valence-electron chi connectivity index (χ0n) is 6.43. The van der Waals surface area contributed by atoms with Crippen LogP contribution in [0.15, 0.2) is 0 Å². The third-order valence-electron chi connectivity index (χ3n) is 0.401. The van der Waals surface area contributed by atoms with Gasteiger partial charge < -0.3 is 17.3 Å². The molecule has 0 heterocycles. The quantitative estimate of drug-likeness (QED) is 0.409. The first-order valence-electron chi connectivity index (χ1n) is 2.50. The van der Waals surface area contributed by atoms with E-state index in [1.807, 2.05) is 0 Å². The van der Waals surface area contributed by atoms with Gasteiger partial charge in [-0.25, -0.2) is 0 Å². The Balaban J connectivity index is -0.000000126. The first kappa shape index (κ1) is 18.9. The van der Waals surface area contributed by atoms with Crippen molar-refractivity contribution in [2.45, 2.75) is 19.5 Å². The van der Waals surface area contributed by atoms with E-state index < -0.39 is 19.9 Å². The largest absolute Gasteiger partial charge is 1.00 e. The second kappa shape index (κ2) is 7.60. The molecule has 0 unspecified atom stereocenters. The van der Waals surface area contributed by atoms with Gasteiger partial charge in [0, 0.05) is 6.42 Å². The second-order valence-corrected chi connectivity index (χ2v) is 1.46. The molecular weight excluding hydrogens is 219 g/mol. The molecule has 0 amide bonds. The van der Waals surface area contributed by atoms with Crippen LogP contribution in [0.4, 0.5) is 30.4 Å². The van der Waals surface area contributed by atoms with Crippen LogP contribution in [-0.2, 0) is 0 Å². The fourth-order valence-corrected chi connectivity index (χ4v) is 0. The molecule has 0 rings (SSSR count). The molecule has 0 aliphatic heterocycles. The molecule has 0 atom stereocenters. The standard InChI is InChI=1S/C3H5F3.BF4.K/c1-2-3(4,5)6;2-1(3,4)5;/h2H2,1H3;;/q;-1;+1. The summed E-state index contributed by atoms with van der Waals surface area (Å²) in [5.74, 6) is 0. The van der Waals surface area contributed by atoms with Crippen molar-refractivity contribution in [1.82, 2.24) is 0 Å². The molecule has 0 radical (unpaired) electrons. The van der Waals surface area contributed by atoms with Gasteiger partial charge in [0.2, 0.25) is 0 Å². The van der Waals surface area contributed by atoms with E-state index >= 15 is 0 Å². The van der Waals surface area contributed by atoms with Gasteiger partial charge in [0.15, 0.2) is 0 Å². The van der Waals surface area contributed by atoms with Gasteiger partial charge in [0.1, 0.15) is 0 Å². The van der Waals surface area contributed by atoms with E-state index in [1.165, 1.54) is 0 Å². The topological polar surface area (TPSA) is 0 Å². The summed E-state index contributed by atoms with van der Waals surface area (Å²) in [5, 5.41) is 0. The van der Waals surface area contributed by atoms with Gasteiger partial charge in [-0.2, -0.15) is 13.2 Å². The minimum absolute atomic E-state index is 0. The number of rotatable bonds is 0. The third kappa shape index (κ3) is 65.9. The fraction of sp³-hybridized carbons (Fsp3) is 1.00. The van der Waals surface area contributed by atoms with Crippen molar-refractivity contribution >= 4 is 7.25 Å². The van der Waals surface area contributed by atoms with Crippen LogP contribution in [0.5, 0.6) is 0 Å². The molecule has 0 nitrogen and oxygen atoms in total. The minimum Gasteiger partial charge on any atom is -0.418 e. The first-order chi connectivity index (χ1) is 4.56. The van der Waals surface area contributed by atoms with Gasteiger partial charge in [-0.1, -0.05) is 6.92 Å². The van der Waals surface area contributed by atoms with Crippen molar-refractivity contribution in [3.63, 3.8) is 0 Å². The Morgan fingerprint density at radius 2 is 1.08 bits per heavy atom. The SMILES string of the molecule is CCC(F)(F)F.F[B-](F)(F)F.[K+]. The zero-order chi connectivity index (χ0) is 9.71. The number of hydrogen-bond acceptors (Lipinski definition) is 0. The van der Waals surface area contributed by atoms with Gasteiger partial charge in [-0.3, -0.25) is 0 Å². The van der Waals surface area contributed by atoms with Crippen molar-refractivity contribution in [2.24, 2.45) is 0 Å². The van der Waals surface area contributed by atoms with Crippen molar-refractivity contribution < 1.29 is 81.8 Å². The number of alkyl halides is 3. The summed E-state index contributed by atoms with van der Waals surface area (Å²) in [6, 6.07) is 0. The summed E-state index contributed by atoms with van der Waals surface area (Å²) >= 11 is 0. The van der Waals surface area contributed by atoms with Crippen LogP contribution >= 0.6 is 0 Å². The summed E-state index contributed by atoms with van der Waals surface area (Å²) in [6.45, 7) is 1.08. The predicted octanol–water partition coefficient (Wildman–Crippen LogP) is 0.263. The second-order valence-electron chi connectivity index (χ2n) is 1.46. The van der Waals surface area contributed by atoms with Gasteiger partial charge in [0.25, 0.3) is 0 Å². The van der Waals surface area contributed by atoms with E-state index in [0.717, 1.165) is 6.92 Å². The number of halogens is 7. The summed E-state index contributed by atoms with van der Waals surface area (Å²) in [4.78, 5) is 0. The molecule has 0 saturated heterocycles. The summed E-state index contributed by atoms with van der Waals surface area (Å²) in [6.07, 6.45) is -4.69. The van der Waals surface area contributed by atoms with E-state index in [2.05, 4.69) is 0 Å². The molecule has 0 aliphatic carbocycles. The number of hydrogen-bond donors (Lipinski definition) is 0. The van der Waals surface area contributed by atoms with E-state index in [-0.39, 0.29) is 51.4 Å². The molecular formula is C3H5BF7K. The van der Waals surface area contributed by atoms with Crippen molar-refractivity contribution in [1.29, 1.82) is 0 Å². The minimum atomic E-state index is -6.00. The Morgan fingerprint density at radius 3 is 1.08 bits per heavy atom. The van der Waals surface area contributed by atoms with Crippen LogP contribution in [0, 0.1) is 0 Å². The molecule has 0 aromatic heterocycles. The Kier molecular flexibility index (Phi) is 12.0. The molecule has 9 heteroatoms. The van der Waals surface area contributed by atoms with Crippen LogP contribution in [0.1, 0.15) is 13.3 Å². The Morgan fingerprint density at radius 1 is 1.00 bits per heavy atom. The molecule has 0 N–H and O–H groups in total. The van der Waals surface area contributed by atoms with Gasteiger partial charge in [0.05, 0.1) is 0 Å². The monoisotopic (exact) mass is 224 g/mol. The molecule has 0 saturated carbocycles. The molecule has 0 fully saturated rings. The first-order valence-corrected chi connectivity index (χ1v) is 2.50. The van der Waals surface area contributed by atoms with E-state index in [4.69, 9.17) is 0 Å². The maximum absolute atomic E-state index is 10.8. The summed E-state index contributed by atoms with van der Waals surface area (Å²) in [5.41, 5.74) is 0. The average Bonchev–Trinajstić information content (AvgIpc) is 1.59. The predicted molar refractivity (Wildman–Crippen MR) is 26.5 cm³/mol. The fourth-order valence-electron chi connectivity index (χ4n) is 0. The smallest absolute Gasteiger partial charge is 0.418 e. The third-order valence-corrected chi connectivity index (χ3v) is 0.401. The Labute approximate surface area is 107 Å². The molecule has 12 heavy (non-hydrogen) atoms. The van der Waals surface area contributed by atoms with Crippen molar-refractivity contribution in [3.8, 4) is 0 Å². The zero-order valence-corrected chi connectivity index (χ0v) is 9.55. The van der Waals surface area contributed by atoms with E-state index in [0.29, 0.717) is 0 Å². The normalized spacial score (nSPS) is 11.0. The molecule has 0 aliphatic rings. The molecule has 0 aromatic rings. The van der Waals surface area contributed by atoms with Crippen molar-refractivity contribution in [2.75, 3.05) is 0 Å². The van der Waals surface area contributed by atoms with E-state index in [1.54, 1.807) is 0 Å². The van der Waals surface area contributed by atoms with Crippen LogP contribution in [-0.4, -0.2) is 13.4 Å².